The van der Waals surface area contributed by atoms with Gasteiger partial charge in [-0.15, -0.1) is 11.6 Å². The molecule has 0 aromatic heterocycles. The van der Waals surface area contributed by atoms with Gasteiger partial charge in [0.15, 0.2) is 0 Å². The fourth-order valence-electron chi connectivity index (χ4n) is 0.594. The Labute approximate surface area is 77.4 Å². The van der Waals surface area contributed by atoms with Gasteiger partial charge >= 0.3 is 7.60 Å². The van der Waals surface area contributed by atoms with E-state index in [1.165, 1.54) is 0 Å². The van der Waals surface area contributed by atoms with E-state index < -0.39 is 7.60 Å². The molecule has 0 aliphatic heterocycles. The molecule has 0 fully saturated rings. The van der Waals surface area contributed by atoms with Gasteiger partial charge in [-0.05, 0) is 13.8 Å². The third-order valence-corrected chi connectivity index (χ3v) is 3.39. The van der Waals surface area contributed by atoms with Crippen LogP contribution >= 0.6 is 19.2 Å². The highest BCUT2D eigenvalue weighted by atomic mass is 35.5. The lowest BCUT2D eigenvalue weighted by molar-refractivity contribution is 0.144. The summed E-state index contributed by atoms with van der Waals surface area (Å²) >= 11 is 5.39. The molecule has 74 valence electrons. The van der Waals surface area contributed by atoms with Crippen molar-refractivity contribution < 1.29 is 18.7 Å². The first kappa shape index (κ1) is 12.4. The minimum absolute atomic E-state index is 0.0171. The van der Waals surface area contributed by atoms with Gasteiger partial charge < -0.3 is 14.2 Å². The molecule has 0 aliphatic rings. The first-order chi connectivity index (χ1) is 5.54. The first-order valence-corrected chi connectivity index (χ1v) is 5.89. The zero-order valence-corrected chi connectivity index (χ0v) is 8.85. The fraction of sp³-hybridized carbons (Fsp3) is 1.00. The molecule has 0 aromatic rings. The fourth-order valence-corrected chi connectivity index (χ4v) is 2.16. The van der Waals surface area contributed by atoms with Crippen LogP contribution in [0.3, 0.4) is 0 Å². The van der Waals surface area contributed by atoms with Gasteiger partial charge in [-0.3, -0.25) is 4.57 Å². The molecule has 0 saturated carbocycles. The van der Waals surface area contributed by atoms with E-state index in [9.17, 15) is 4.57 Å². The van der Waals surface area contributed by atoms with E-state index >= 15 is 0 Å². The van der Waals surface area contributed by atoms with Crippen LogP contribution in [0.15, 0.2) is 0 Å². The zero-order chi connectivity index (χ0) is 9.61. The summed E-state index contributed by atoms with van der Waals surface area (Å²) in [6.07, 6.45) is -0.201. The number of halogens is 1. The highest BCUT2D eigenvalue weighted by Gasteiger charge is 2.24. The molecular weight excluding hydrogens is 202 g/mol. The van der Waals surface area contributed by atoms with Crippen molar-refractivity contribution in [2.75, 3.05) is 18.8 Å². The van der Waals surface area contributed by atoms with Crippen molar-refractivity contribution in [3.05, 3.63) is 0 Å². The van der Waals surface area contributed by atoms with Crippen LogP contribution in [0.2, 0.25) is 0 Å². The quantitative estimate of drug-likeness (QED) is 0.544. The summed E-state index contributed by atoms with van der Waals surface area (Å²) in [6.45, 7) is 3.27. The maximum Gasteiger partial charge on any atom is 0.345 e. The highest BCUT2D eigenvalue weighted by Crippen LogP contribution is 2.49. The lowest BCUT2D eigenvalue weighted by atomic mass is 10.5. The lowest BCUT2D eigenvalue weighted by Gasteiger charge is -2.17. The van der Waals surface area contributed by atoms with Crippen LogP contribution < -0.4 is 0 Å². The zero-order valence-electron chi connectivity index (χ0n) is 7.20. The van der Waals surface area contributed by atoms with Gasteiger partial charge in [0, 0.05) is 0 Å². The van der Waals surface area contributed by atoms with E-state index in [1.54, 1.807) is 13.8 Å². The van der Waals surface area contributed by atoms with Gasteiger partial charge in [0.25, 0.3) is 0 Å². The minimum Gasteiger partial charge on any atom is -0.394 e. The van der Waals surface area contributed by atoms with Crippen LogP contribution in [0.1, 0.15) is 13.8 Å². The van der Waals surface area contributed by atoms with Crippen molar-refractivity contribution >= 4 is 19.2 Å². The molecule has 6 heteroatoms. The molecule has 0 spiro atoms. The summed E-state index contributed by atoms with van der Waals surface area (Å²) in [6, 6.07) is 0. The summed E-state index contributed by atoms with van der Waals surface area (Å²) in [5.41, 5.74) is -0.189. The maximum absolute atomic E-state index is 11.5. The summed E-state index contributed by atoms with van der Waals surface area (Å²) in [5.74, 6) is 0. The van der Waals surface area contributed by atoms with E-state index in [4.69, 9.17) is 25.8 Å². The van der Waals surface area contributed by atoms with Gasteiger partial charge in [0.1, 0.15) is 5.62 Å². The second-order valence-electron chi connectivity index (χ2n) is 2.44. The number of hydrogen-bond donors (Lipinski definition) is 1. The summed E-state index contributed by atoms with van der Waals surface area (Å²) in [4.78, 5) is 0. The van der Waals surface area contributed by atoms with Crippen LogP contribution in [0.4, 0.5) is 0 Å². The predicted molar refractivity (Wildman–Crippen MR) is 47.6 cm³/mol. The maximum atomic E-state index is 11.5. The molecule has 0 heterocycles. The summed E-state index contributed by atoms with van der Waals surface area (Å²) in [5, 5.41) is 8.41. The Morgan fingerprint density at radius 2 is 2.17 bits per heavy atom. The Hall–Kier alpha value is 0.400. The van der Waals surface area contributed by atoms with Crippen molar-refractivity contribution in [1.82, 2.24) is 0 Å². The van der Waals surface area contributed by atoms with Gasteiger partial charge in [0.05, 0.1) is 19.3 Å². The third kappa shape index (κ3) is 5.12. The second-order valence-corrected chi connectivity index (χ2v) is 5.09. The van der Waals surface area contributed by atoms with Crippen LogP contribution in [-0.2, 0) is 13.6 Å². The Morgan fingerprint density at radius 1 is 1.58 bits per heavy atom. The van der Waals surface area contributed by atoms with Gasteiger partial charge in [0.2, 0.25) is 0 Å². The topological polar surface area (TPSA) is 55.8 Å². The standard InChI is InChI=1S/C6H14ClO4P/c1-6(2)11-12(9,5-7)10-4-3-8/h6,8H,3-5H2,1-2H3. The smallest absolute Gasteiger partial charge is 0.345 e. The Balaban J connectivity index is 3.96. The molecule has 0 aliphatic carbocycles. The van der Waals surface area contributed by atoms with Crippen LogP contribution in [-0.4, -0.2) is 30.0 Å². The SMILES string of the molecule is CC(C)OP(=O)(CCl)OCCO. The first-order valence-electron chi connectivity index (χ1n) is 3.63. The Kier molecular flexibility index (Phi) is 6.14. The van der Waals surface area contributed by atoms with E-state index in [-0.39, 0.29) is 24.9 Å². The molecule has 0 saturated heterocycles. The number of aliphatic hydroxyl groups is 1. The molecular formula is C6H14ClO4P. The van der Waals surface area contributed by atoms with Gasteiger partial charge in [-0.25, -0.2) is 0 Å². The molecule has 0 amide bonds. The number of aliphatic hydroxyl groups excluding tert-OH is 1. The van der Waals surface area contributed by atoms with Crippen LogP contribution in [0.25, 0.3) is 0 Å². The normalized spacial score (nSPS) is 16.4. The van der Waals surface area contributed by atoms with Gasteiger partial charge in [-0.1, -0.05) is 0 Å². The molecule has 0 rings (SSSR count). The molecule has 0 bridgehead atoms. The third-order valence-electron chi connectivity index (χ3n) is 0.897. The average Bonchev–Trinajstić information content (AvgIpc) is 2.00. The lowest BCUT2D eigenvalue weighted by Crippen LogP contribution is -2.06. The van der Waals surface area contributed by atoms with E-state index in [1.807, 2.05) is 0 Å². The molecule has 4 nitrogen and oxygen atoms in total. The van der Waals surface area contributed by atoms with Crippen molar-refractivity contribution in [2.24, 2.45) is 0 Å². The molecule has 1 atom stereocenters. The van der Waals surface area contributed by atoms with E-state index in [2.05, 4.69) is 0 Å². The van der Waals surface area contributed by atoms with Gasteiger partial charge in [-0.2, -0.15) is 0 Å². The number of alkyl halides is 1. The Bertz CT molecular complexity index is 162. The monoisotopic (exact) mass is 216 g/mol. The van der Waals surface area contributed by atoms with E-state index in [0.29, 0.717) is 0 Å². The number of rotatable bonds is 6. The van der Waals surface area contributed by atoms with E-state index in [0.717, 1.165) is 0 Å². The molecule has 0 aromatic carbocycles. The van der Waals surface area contributed by atoms with Crippen molar-refractivity contribution in [1.29, 1.82) is 0 Å². The largest absolute Gasteiger partial charge is 0.394 e. The number of hydrogen-bond acceptors (Lipinski definition) is 4. The summed E-state index contributed by atoms with van der Waals surface area (Å²) in [7, 11) is -3.17. The second kappa shape index (κ2) is 5.95. The van der Waals surface area contributed by atoms with Crippen molar-refractivity contribution in [3.8, 4) is 0 Å². The molecule has 0 radical (unpaired) electrons. The molecule has 12 heavy (non-hydrogen) atoms. The van der Waals surface area contributed by atoms with Crippen LogP contribution in [0.5, 0.6) is 0 Å². The molecule has 1 unspecified atom stereocenters. The average molecular weight is 217 g/mol. The summed E-state index contributed by atoms with van der Waals surface area (Å²) < 4.78 is 21.2. The predicted octanol–water partition coefficient (Wildman–Crippen LogP) is 1.81. The van der Waals surface area contributed by atoms with Crippen molar-refractivity contribution in [2.45, 2.75) is 20.0 Å². The minimum atomic E-state index is -3.17. The molecule has 1 N–H and O–H groups in total. The van der Waals surface area contributed by atoms with Crippen LogP contribution in [0, 0.1) is 0 Å². The van der Waals surface area contributed by atoms with Crippen molar-refractivity contribution in [3.63, 3.8) is 0 Å². The highest BCUT2D eigenvalue weighted by molar-refractivity contribution is 7.55. The Morgan fingerprint density at radius 3 is 2.50 bits per heavy atom.